The lowest BCUT2D eigenvalue weighted by molar-refractivity contribution is 0.441. The molecule has 2 aromatic rings. The van der Waals surface area contributed by atoms with E-state index in [1.54, 1.807) is 11.1 Å². The zero-order valence-electron chi connectivity index (χ0n) is 13.8. The molecule has 0 aliphatic heterocycles. The van der Waals surface area contributed by atoms with Crippen molar-refractivity contribution in [2.45, 2.75) is 70.1 Å². The van der Waals surface area contributed by atoms with E-state index in [0.29, 0.717) is 0 Å². The lowest BCUT2D eigenvalue weighted by Crippen LogP contribution is -2.08. The van der Waals surface area contributed by atoms with Gasteiger partial charge in [0.2, 0.25) is 0 Å². The van der Waals surface area contributed by atoms with E-state index in [2.05, 4.69) is 43.3 Å². The van der Waals surface area contributed by atoms with Gasteiger partial charge in [0.05, 0.1) is 0 Å². The van der Waals surface area contributed by atoms with Gasteiger partial charge in [-0.25, -0.2) is 0 Å². The third-order valence-electron chi connectivity index (χ3n) is 5.30. The van der Waals surface area contributed by atoms with Gasteiger partial charge < -0.3 is 0 Å². The van der Waals surface area contributed by atoms with Crippen molar-refractivity contribution in [2.24, 2.45) is 0 Å². The fraction of sp³-hybridized carbons (Fsp3) is 0.500. The molecule has 0 nitrogen and oxygen atoms in total. The van der Waals surface area contributed by atoms with E-state index in [0.717, 1.165) is 12.3 Å². The molecular formula is C22H29. The van der Waals surface area contributed by atoms with Crippen molar-refractivity contribution in [1.29, 1.82) is 0 Å². The summed E-state index contributed by atoms with van der Waals surface area (Å²) in [6.07, 6.45) is 13.3. The van der Waals surface area contributed by atoms with Crippen LogP contribution in [0.15, 0.2) is 36.4 Å². The predicted molar refractivity (Wildman–Crippen MR) is 97.3 cm³/mol. The number of unbranched alkanes of at least 4 members (excludes halogenated alkanes) is 3. The second-order valence-electron chi connectivity index (χ2n) is 6.85. The van der Waals surface area contributed by atoms with Crippen molar-refractivity contribution < 1.29 is 0 Å². The molecule has 0 bridgehead atoms. The Morgan fingerprint density at radius 3 is 2.50 bits per heavy atom. The SMILES string of the molecule is [CH2]CCCCCc1c(C2CCCCC2)ccc2ccccc12. The van der Waals surface area contributed by atoms with Crippen molar-refractivity contribution in [2.75, 3.05) is 0 Å². The minimum absolute atomic E-state index is 0.807. The molecule has 1 radical (unpaired) electrons. The Labute approximate surface area is 135 Å². The molecule has 0 heteroatoms. The quantitative estimate of drug-likeness (QED) is 0.512. The van der Waals surface area contributed by atoms with Gasteiger partial charge in [-0.15, -0.1) is 0 Å². The first-order valence-corrected chi connectivity index (χ1v) is 9.20. The molecule has 0 atom stereocenters. The van der Waals surface area contributed by atoms with Crippen molar-refractivity contribution in [3.05, 3.63) is 54.4 Å². The van der Waals surface area contributed by atoms with E-state index >= 15 is 0 Å². The Morgan fingerprint density at radius 2 is 1.68 bits per heavy atom. The number of aryl methyl sites for hydroxylation is 1. The van der Waals surface area contributed by atoms with Crippen LogP contribution < -0.4 is 0 Å². The van der Waals surface area contributed by atoms with Gasteiger partial charge in [0, 0.05) is 0 Å². The number of benzene rings is 2. The van der Waals surface area contributed by atoms with Crippen LogP contribution in [0.2, 0.25) is 0 Å². The first-order valence-electron chi connectivity index (χ1n) is 9.20. The van der Waals surface area contributed by atoms with Crippen molar-refractivity contribution >= 4 is 10.8 Å². The summed E-state index contributed by atoms with van der Waals surface area (Å²) in [7, 11) is 0. The number of fused-ring (bicyclic) bond motifs is 1. The summed E-state index contributed by atoms with van der Waals surface area (Å²) in [5.74, 6) is 0.807. The molecule has 2 aromatic carbocycles. The number of hydrogen-bond acceptors (Lipinski definition) is 0. The lowest BCUT2D eigenvalue weighted by atomic mass is 9.80. The predicted octanol–water partition coefficient (Wildman–Crippen LogP) is 6.82. The van der Waals surface area contributed by atoms with Crippen LogP contribution in [0.3, 0.4) is 0 Å². The summed E-state index contributed by atoms with van der Waals surface area (Å²) in [6.45, 7) is 3.97. The first kappa shape index (κ1) is 15.6. The topological polar surface area (TPSA) is 0 Å². The molecule has 117 valence electrons. The van der Waals surface area contributed by atoms with Crippen LogP contribution >= 0.6 is 0 Å². The van der Waals surface area contributed by atoms with Crippen LogP contribution in [0.25, 0.3) is 10.8 Å². The summed E-state index contributed by atoms with van der Waals surface area (Å²) in [5, 5.41) is 2.91. The molecule has 0 spiro atoms. The maximum atomic E-state index is 3.97. The minimum atomic E-state index is 0.807. The standard InChI is InChI=1S/C22H29/c1-2-3-4-8-15-22-20-14-10-9-13-19(20)16-17-21(22)18-11-6-5-7-12-18/h9-10,13-14,16-18H,1-8,11-12,15H2. The monoisotopic (exact) mass is 293 g/mol. The highest BCUT2D eigenvalue weighted by Gasteiger charge is 2.19. The van der Waals surface area contributed by atoms with Crippen LogP contribution in [-0.4, -0.2) is 0 Å². The van der Waals surface area contributed by atoms with E-state index in [-0.39, 0.29) is 0 Å². The minimum Gasteiger partial charge on any atom is -0.0616 e. The molecule has 3 rings (SSSR count). The Morgan fingerprint density at radius 1 is 0.864 bits per heavy atom. The fourth-order valence-corrected chi connectivity index (χ4v) is 4.08. The highest BCUT2D eigenvalue weighted by molar-refractivity contribution is 5.87. The largest absolute Gasteiger partial charge is 0.0616 e. The summed E-state index contributed by atoms with van der Waals surface area (Å²) in [5.41, 5.74) is 3.31. The zero-order chi connectivity index (χ0) is 15.2. The second kappa shape index (κ2) is 7.81. The zero-order valence-corrected chi connectivity index (χ0v) is 13.8. The Kier molecular flexibility index (Phi) is 5.53. The highest BCUT2D eigenvalue weighted by atomic mass is 14.2. The van der Waals surface area contributed by atoms with E-state index < -0.39 is 0 Å². The third kappa shape index (κ3) is 3.54. The van der Waals surface area contributed by atoms with Crippen molar-refractivity contribution in [3.63, 3.8) is 0 Å². The van der Waals surface area contributed by atoms with E-state index in [4.69, 9.17) is 0 Å². The van der Waals surface area contributed by atoms with E-state index in [1.807, 2.05) is 0 Å². The van der Waals surface area contributed by atoms with Gasteiger partial charge in [-0.3, -0.25) is 0 Å². The molecule has 1 aliphatic carbocycles. The molecule has 0 heterocycles. The van der Waals surface area contributed by atoms with Gasteiger partial charge in [-0.05, 0) is 53.5 Å². The molecule has 1 saturated carbocycles. The maximum Gasteiger partial charge on any atom is -0.0149 e. The van der Waals surface area contributed by atoms with Gasteiger partial charge in [0.25, 0.3) is 0 Å². The molecular weight excluding hydrogens is 264 g/mol. The summed E-state index contributed by atoms with van der Waals surface area (Å²) < 4.78 is 0. The fourth-order valence-electron chi connectivity index (χ4n) is 4.08. The van der Waals surface area contributed by atoms with Crippen molar-refractivity contribution in [3.8, 4) is 0 Å². The molecule has 22 heavy (non-hydrogen) atoms. The summed E-state index contributed by atoms with van der Waals surface area (Å²) in [6, 6.07) is 13.7. The summed E-state index contributed by atoms with van der Waals surface area (Å²) in [4.78, 5) is 0. The van der Waals surface area contributed by atoms with Gasteiger partial charge >= 0.3 is 0 Å². The average Bonchev–Trinajstić information content (AvgIpc) is 2.59. The van der Waals surface area contributed by atoms with E-state index in [1.165, 1.54) is 68.6 Å². The Hall–Kier alpha value is -1.30. The molecule has 0 amide bonds. The van der Waals surface area contributed by atoms with Crippen molar-refractivity contribution in [1.82, 2.24) is 0 Å². The molecule has 0 saturated heterocycles. The molecule has 0 aromatic heterocycles. The number of rotatable bonds is 6. The van der Waals surface area contributed by atoms with Crippen LogP contribution in [0.1, 0.15) is 74.8 Å². The first-order chi connectivity index (χ1) is 10.9. The third-order valence-corrected chi connectivity index (χ3v) is 5.30. The molecule has 1 fully saturated rings. The lowest BCUT2D eigenvalue weighted by Gasteiger charge is -2.25. The van der Waals surface area contributed by atoms with Crippen LogP contribution in [-0.2, 0) is 6.42 Å². The average molecular weight is 293 g/mol. The Balaban J connectivity index is 1.91. The highest BCUT2D eigenvalue weighted by Crippen LogP contribution is 2.37. The molecule has 1 aliphatic rings. The Bertz CT molecular complexity index is 590. The molecule has 0 N–H and O–H groups in total. The molecule has 0 unspecified atom stereocenters. The normalized spacial score (nSPS) is 16.2. The summed E-state index contributed by atoms with van der Waals surface area (Å²) >= 11 is 0. The van der Waals surface area contributed by atoms with Gasteiger partial charge in [0.15, 0.2) is 0 Å². The smallest absolute Gasteiger partial charge is 0.0149 e. The number of hydrogen-bond donors (Lipinski definition) is 0. The second-order valence-corrected chi connectivity index (χ2v) is 6.85. The van der Waals surface area contributed by atoms with Crippen LogP contribution in [0.5, 0.6) is 0 Å². The van der Waals surface area contributed by atoms with Gasteiger partial charge in [-0.2, -0.15) is 0 Å². The van der Waals surface area contributed by atoms with E-state index in [9.17, 15) is 0 Å². The van der Waals surface area contributed by atoms with Gasteiger partial charge in [0.1, 0.15) is 0 Å². The van der Waals surface area contributed by atoms with Crippen LogP contribution in [0.4, 0.5) is 0 Å². The van der Waals surface area contributed by atoms with Crippen LogP contribution in [0, 0.1) is 6.92 Å². The maximum absolute atomic E-state index is 3.97. The van der Waals surface area contributed by atoms with Gasteiger partial charge in [-0.1, -0.05) is 81.8 Å².